The highest BCUT2D eigenvalue weighted by atomic mass is 32.1. The van der Waals surface area contributed by atoms with Crippen molar-refractivity contribution < 1.29 is 14.6 Å². The molecule has 1 saturated heterocycles. The van der Waals surface area contributed by atoms with E-state index in [9.17, 15) is 4.79 Å². The van der Waals surface area contributed by atoms with Crippen molar-refractivity contribution >= 4 is 17.2 Å². The summed E-state index contributed by atoms with van der Waals surface area (Å²) in [5.74, 6) is 1.48. The van der Waals surface area contributed by atoms with Gasteiger partial charge in [0.1, 0.15) is 5.75 Å². The zero-order valence-electron chi connectivity index (χ0n) is 17.6. The van der Waals surface area contributed by atoms with Gasteiger partial charge in [-0.1, -0.05) is 6.07 Å². The summed E-state index contributed by atoms with van der Waals surface area (Å²) >= 11 is 1.55. The van der Waals surface area contributed by atoms with Gasteiger partial charge in [-0.3, -0.25) is 9.69 Å². The number of nitrogens with one attached hydrogen (secondary N) is 1. The van der Waals surface area contributed by atoms with E-state index < -0.39 is 0 Å². The third-order valence-electron chi connectivity index (χ3n) is 5.91. The second-order valence-corrected chi connectivity index (χ2v) is 8.68. The molecule has 1 aromatic heterocycles. The van der Waals surface area contributed by atoms with Crippen LogP contribution in [0.25, 0.3) is 0 Å². The van der Waals surface area contributed by atoms with Gasteiger partial charge in [-0.2, -0.15) is 11.3 Å². The van der Waals surface area contributed by atoms with E-state index in [1.165, 1.54) is 16.7 Å². The van der Waals surface area contributed by atoms with Crippen molar-refractivity contribution in [3.05, 3.63) is 51.2 Å². The van der Waals surface area contributed by atoms with Crippen LogP contribution < -0.4 is 10.1 Å². The van der Waals surface area contributed by atoms with E-state index in [1.54, 1.807) is 11.3 Å². The van der Waals surface area contributed by atoms with Gasteiger partial charge >= 0.3 is 0 Å². The van der Waals surface area contributed by atoms with E-state index in [2.05, 4.69) is 43.1 Å². The average Bonchev–Trinajstić information content (AvgIpc) is 3.21. The Hall–Kier alpha value is -1.89. The van der Waals surface area contributed by atoms with Crippen molar-refractivity contribution in [1.82, 2.24) is 10.2 Å². The van der Waals surface area contributed by atoms with Crippen molar-refractivity contribution in [3.63, 3.8) is 0 Å². The van der Waals surface area contributed by atoms with E-state index in [1.807, 2.05) is 16.8 Å². The molecule has 1 fully saturated rings. The maximum Gasteiger partial charge on any atom is 0.252 e. The number of carbonyl (C=O) groups excluding carboxylic acids is 1. The molecule has 29 heavy (non-hydrogen) atoms. The normalized spacial score (nSPS) is 15.7. The molecule has 1 aliphatic heterocycles. The van der Waals surface area contributed by atoms with E-state index in [0.717, 1.165) is 43.8 Å². The lowest BCUT2D eigenvalue weighted by atomic mass is 9.91. The molecule has 2 aromatic rings. The number of ether oxygens (including phenoxy) is 1. The van der Waals surface area contributed by atoms with E-state index in [-0.39, 0.29) is 12.5 Å². The number of amides is 1. The Labute approximate surface area is 177 Å². The molecule has 1 atom stereocenters. The third-order valence-corrected chi connectivity index (χ3v) is 6.59. The van der Waals surface area contributed by atoms with Gasteiger partial charge in [-0.25, -0.2) is 0 Å². The van der Waals surface area contributed by atoms with Crippen LogP contribution in [0.3, 0.4) is 0 Å². The smallest absolute Gasteiger partial charge is 0.252 e. The molecule has 2 N–H and O–H groups in total. The number of hydrogen-bond donors (Lipinski definition) is 2. The van der Waals surface area contributed by atoms with Gasteiger partial charge in [0.25, 0.3) is 5.91 Å². The summed E-state index contributed by atoms with van der Waals surface area (Å²) < 4.78 is 5.89. The van der Waals surface area contributed by atoms with Gasteiger partial charge in [0.2, 0.25) is 0 Å². The lowest BCUT2D eigenvalue weighted by Crippen LogP contribution is -2.52. The first-order valence-electron chi connectivity index (χ1n) is 10.4. The van der Waals surface area contributed by atoms with E-state index >= 15 is 0 Å². The second kappa shape index (κ2) is 10.2. The highest BCUT2D eigenvalue weighted by Gasteiger charge is 2.32. The number of benzene rings is 1. The lowest BCUT2D eigenvalue weighted by Gasteiger charge is -2.44. The Balaban J connectivity index is 1.49. The molecule has 3 rings (SSSR count). The Kier molecular flexibility index (Phi) is 7.70. The third kappa shape index (κ3) is 5.38. The van der Waals surface area contributed by atoms with Crippen molar-refractivity contribution in [2.75, 3.05) is 32.8 Å². The number of unbranched alkanes of at least 4 members (excludes halogenated alkanes) is 1. The Morgan fingerprint density at radius 2 is 2.07 bits per heavy atom. The summed E-state index contributed by atoms with van der Waals surface area (Å²) in [6.45, 7) is 10.1. The molecule has 1 aliphatic rings. The predicted octanol–water partition coefficient (Wildman–Crippen LogP) is 3.94. The minimum atomic E-state index is 0.0267. The number of aliphatic hydroxyl groups excluding tert-OH is 1. The molecule has 0 aliphatic carbocycles. The molecule has 2 heterocycles. The first-order chi connectivity index (χ1) is 14.0. The molecule has 1 amide bonds. The van der Waals surface area contributed by atoms with Crippen molar-refractivity contribution in [3.8, 4) is 5.75 Å². The standard InChI is InChI=1S/C23H32N2O3S/c1-16-17(2)22(28-10-5-4-9-26)7-6-21(16)18(3)25-13-19(14-25)12-24-23(27)20-8-11-29-15-20/h6-8,11,15,18-19,26H,4-5,9-10,12-14H2,1-3H3,(H,24,27). The van der Waals surface area contributed by atoms with Crippen LogP contribution >= 0.6 is 11.3 Å². The van der Waals surface area contributed by atoms with Crippen LogP contribution in [0.4, 0.5) is 0 Å². The van der Waals surface area contributed by atoms with Crippen molar-refractivity contribution in [2.24, 2.45) is 5.92 Å². The fourth-order valence-corrected chi connectivity index (χ4v) is 4.44. The van der Waals surface area contributed by atoms with Crippen LogP contribution in [0.15, 0.2) is 29.0 Å². The minimum absolute atomic E-state index is 0.0267. The molecule has 6 heteroatoms. The zero-order valence-corrected chi connectivity index (χ0v) is 18.4. The molecule has 0 saturated carbocycles. The van der Waals surface area contributed by atoms with Gasteiger partial charge in [-0.15, -0.1) is 0 Å². The molecule has 5 nitrogen and oxygen atoms in total. The molecular weight excluding hydrogens is 384 g/mol. The highest BCUT2D eigenvalue weighted by molar-refractivity contribution is 7.08. The summed E-state index contributed by atoms with van der Waals surface area (Å²) in [4.78, 5) is 14.5. The number of hydrogen-bond acceptors (Lipinski definition) is 5. The molecule has 1 unspecified atom stereocenters. The first kappa shape index (κ1) is 21.8. The first-order valence-corrected chi connectivity index (χ1v) is 11.3. The van der Waals surface area contributed by atoms with Crippen LogP contribution in [0, 0.1) is 19.8 Å². The molecule has 0 radical (unpaired) electrons. The maximum absolute atomic E-state index is 12.1. The van der Waals surface area contributed by atoms with Crippen LogP contribution in [-0.4, -0.2) is 48.8 Å². The van der Waals surface area contributed by atoms with Gasteiger partial charge in [-0.05, 0) is 67.8 Å². The average molecular weight is 417 g/mol. The van der Waals surface area contributed by atoms with Crippen molar-refractivity contribution in [2.45, 2.75) is 39.7 Å². The second-order valence-electron chi connectivity index (χ2n) is 7.90. The molecule has 0 bridgehead atoms. The van der Waals surface area contributed by atoms with Crippen LogP contribution in [0.2, 0.25) is 0 Å². The van der Waals surface area contributed by atoms with E-state index in [4.69, 9.17) is 9.84 Å². The number of thiophene rings is 1. The van der Waals surface area contributed by atoms with Crippen LogP contribution in [0.1, 0.15) is 52.9 Å². The minimum Gasteiger partial charge on any atom is -0.493 e. The lowest BCUT2D eigenvalue weighted by molar-refractivity contribution is 0.0569. The number of nitrogens with zero attached hydrogens (tertiary/aromatic N) is 1. The quantitative estimate of drug-likeness (QED) is 0.576. The summed E-state index contributed by atoms with van der Waals surface area (Å²) in [6.07, 6.45) is 1.64. The number of carbonyl (C=O) groups is 1. The molecular formula is C23H32N2O3S. The summed E-state index contributed by atoms with van der Waals surface area (Å²) in [5.41, 5.74) is 4.57. The molecule has 1 aromatic carbocycles. The van der Waals surface area contributed by atoms with Gasteiger partial charge in [0, 0.05) is 49.1 Å². The Morgan fingerprint density at radius 3 is 2.76 bits per heavy atom. The van der Waals surface area contributed by atoms with Crippen LogP contribution in [-0.2, 0) is 0 Å². The zero-order chi connectivity index (χ0) is 20.8. The van der Waals surface area contributed by atoms with E-state index in [0.29, 0.717) is 18.6 Å². The molecule has 158 valence electrons. The number of rotatable bonds is 10. The predicted molar refractivity (Wildman–Crippen MR) is 118 cm³/mol. The largest absolute Gasteiger partial charge is 0.493 e. The fourth-order valence-electron chi connectivity index (χ4n) is 3.81. The fraction of sp³-hybridized carbons (Fsp3) is 0.522. The molecule has 0 spiro atoms. The van der Waals surface area contributed by atoms with Crippen LogP contribution in [0.5, 0.6) is 5.75 Å². The highest BCUT2D eigenvalue weighted by Crippen LogP contribution is 2.34. The number of likely N-dealkylation sites (tertiary alicyclic amines) is 1. The van der Waals surface area contributed by atoms with Gasteiger partial charge in [0.05, 0.1) is 6.61 Å². The van der Waals surface area contributed by atoms with Gasteiger partial charge < -0.3 is 15.2 Å². The Morgan fingerprint density at radius 1 is 1.28 bits per heavy atom. The summed E-state index contributed by atoms with van der Waals surface area (Å²) in [7, 11) is 0. The maximum atomic E-state index is 12.1. The Bertz CT molecular complexity index is 801. The SMILES string of the molecule is Cc1c(OCCCCO)ccc(C(C)N2CC(CNC(=O)c3ccsc3)C2)c1C. The summed E-state index contributed by atoms with van der Waals surface area (Å²) in [6, 6.07) is 6.46. The van der Waals surface area contributed by atoms with Gasteiger partial charge in [0.15, 0.2) is 0 Å². The van der Waals surface area contributed by atoms with Crippen molar-refractivity contribution in [1.29, 1.82) is 0 Å². The number of aliphatic hydroxyl groups is 1. The topological polar surface area (TPSA) is 61.8 Å². The monoisotopic (exact) mass is 416 g/mol. The summed E-state index contributed by atoms with van der Waals surface area (Å²) in [5, 5.41) is 15.7.